The average molecular weight is 280 g/mol. The van der Waals surface area contributed by atoms with Crippen LogP contribution in [0.4, 0.5) is 0 Å². The van der Waals surface area contributed by atoms with Gasteiger partial charge in [0.05, 0.1) is 5.84 Å². The predicted octanol–water partition coefficient (Wildman–Crippen LogP) is 2.29. The molecule has 0 unspecified atom stereocenters. The van der Waals surface area contributed by atoms with Gasteiger partial charge in [-0.1, -0.05) is 20.3 Å². The van der Waals surface area contributed by atoms with Crippen LogP contribution >= 0.6 is 0 Å². The Labute approximate surface area is 124 Å². The first-order chi connectivity index (χ1) is 9.49. The molecule has 4 heteroatoms. The number of nitrogens with two attached hydrogens (primary N) is 1. The molecular weight excluding hydrogens is 248 g/mol. The summed E-state index contributed by atoms with van der Waals surface area (Å²) < 4.78 is 0. The largest absolute Gasteiger partial charge is 0.387 e. The fourth-order valence-corrected chi connectivity index (χ4v) is 3.36. The van der Waals surface area contributed by atoms with Gasteiger partial charge in [0.25, 0.3) is 0 Å². The van der Waals surface area contributed by atoms with Crippen LogP contribution in [0.15, 0.2) is 0 Å². The molecule has 0 atom stereocenters. The Balaban J connectivity index is 1.70. The first-order valence-corrected chi connectivity index (χ1v) is 8.30. The summed E-state index contributed by atoms with van der Waals surface area (Å²) in [5.74, 6) is 0.320. The quantitative estimate of drug-likeness (QED) is 0.600. The van der Waals surface area contributed by atoms with Crippen LogP contribution in [0.5, 0.6) is 0 Å². The average Bonchev–Trinajstić information content (AvgIpc) is 2.46. The Hall–Kier alpha value is -0.610. The fourth-order valence-electron chi connectivity index (χ4n) is 3.36. The number of piperidine rings is 2. The summed E-state index contributed by atoms with van der Waals surface area (Å²) in [6.45, 7) is 10.3. The zero-order valence-electron chi connectivity index (χ0n) is 13.3. The van der Waals surface area contributed by atoms with E-state index >= 15 is 0 Å². The summed E-state index contributed by atoms with van der Waals surface area (Å²) in [5, 5.41) is 7.63. The molecule has 0 aliphatic carbocycles. The number of likely N-dealkylation sites (tertiary alicyclic amines) is 2. The maximum atomic E-state index is 7.63. The lowest BCUT2D eigenvalue weighted by atomic mass is 9.87. The molecule has 116 valence electrons. The van der Waals surface area contributed by atoms with Gasteiger partial charge in [0.2, 0.25) is 0 Å². The van der Waals surface area contributed by atoms with E-state index in [-0.39, 0.29) is 5.41 Å². The van der Waals surface area contributed by atoms with Gasteiger partial charge in [0.1, 0.15) is 0 Å². The summed E-state index contributed by atoms with van der Waals surface area (Å²) in [4.78, 5) is 5.28. The van der Waals surface area contributed by atoms with Crippen LogP contribution in [0.25, 0.3) is 0 Å². The van der Waals surface area contributed by atoms with Crippen molar-refractivity contribution in [2.75, 3.05) is 32.7 Å². The van der Waals surface area contributed by atoms with Gasteiger partial charge in [-0.25, -0.2) is 0 Å². The minimum atomic E-state index is -0.149. The molecule has 0 spiro atoms. The normalized spacial score (nSPS) is 23.9. The standard InChI is InChI=1S/C16H32N4/c1-16(2,15(17)18)8-13-19-11-6-14(7-12-19)20-9-4-3-5-10-20/h14H,3-13H2,1-2H3,(H3,17,18). The van der Waals surface area contributed by atoms with Crippen molar-refractivity contribution in [1.29, 1.82) is 5.41 Å². The molecule has 0 aromatic rings. The van der Waals surface area contributed by atoms with Crippen LogP contribution < -0.4 is 5.73 Å². The second-order valence-electron chi connectivity index (χ2n) is 7.22. The van der Waals surface area contributed by atoms with Gasteiger partial charge in [-0.05, 0) is 64.8 Å². The van der Waals surface area contributed by atoms with Crippen molar-refractivity contribution < 1.29 is 0 Å². The Kier molecular flexibility index (Phi) is 5.44. The maximum Gasteiger partial charge on any atom is 0.0963 e. The first-order valence-electron chi connectivity index (χ1n) is 8.30. The minimum absolute atomic E-state index is 0.149. The molecule has 0 saturated carbocycles. The van der Waals surface area contributed by atoms with Gasteiger partial charge in [-0.2, -0.15) is 0 Å². The number of nitrogens with zero attached hydrogens (tertiary/aromatic N) is 2. The molecule has 2 rings (SSSR count). The van der Waals surface area contributed by atoms with E-state index in [0.29, 0.717) is 5.84 Å². The van der Waals surface area contributed by atoms with Crippen molar-refractivity contribution in [3.05, 3.63) is 0 Å². The molecule has 2 aliphatic heterocycles. The third kappa shape index (κ3) is 4.19. The molecule has 2 aliphatic rings. The molecular formula is C16H32N4. The van der Waals surface area contributed by atoms with Crippen molar-refractivity contribution >= 4 is 5.84 Å². The third-order valence-electron chi connectivity index (χ3n) is 5.25. The van der Waals surface area contributed by atoms with E-state index in [1.54, 1.807) is 0 Å². The van der Waals surface area contributed by atoms with Gasteiger partial charge in [0, 0.05) is 11.5 Å². The lowest BCUT2D eigenvalue weighted by Gasteiger charge is -2.40. The van der Waals surface area contributed by atoms with Crippen molar-refractivity contribution in [2.45, 2.75) is 58.4 Å². The van der Waals surface area contributed by atoms with Gasteiger partial charge in [-0.15, -0.1) is 0 Å². The summed E-state index contributed by atoms with van der Waals surface area (Å²) in [7, 11) is 0. The van der Waals surface area contributed by atoms with Crippen molar-refractivity contribution in [3.63, 3.8) is 0 Å². The number of amidine groups is 1. The Morgan fingerprint density at radius 3 is 2.25 bits per heavy atom. The van der Waals surface area contributed by atoms with Gasteiger partial charge in [0.15, 0.2) is 0 Å². The second-order valence-corrected chi connectivity index (χ2v) is 7.22. The molecule has 2 saturated heterocycles. The highest BCUT2D eigenvalue weighted by atomic mass is 15.2. The number of rotatable bonds is 5. The molecule has 3 N–H and O–H groups in total. The van der Waals surface area contributed by atoms with Crippen molar-refractivity contribution in [1.82, 2.24) is 9.80 Å². The Morgan fingerprint density at radius 1 is 1.10 bits per heavy atom. The second kappa shape index (κ2) is 6.90. The smallest absolute Gasteiger partial charge is 0.0963 e. The molecule has 0 radical (unpaired) electrons. The van der Waals surface area contributed by atoms with Crippen molar-refractivity contribution in [3.8, 4) is 0 Å². The van der Waals surface area contributed by atoms with Gasteiger partial charge >= 0.3 is 0 Å². The first kappa shape index (κ1) is 15.8. The predicted molar refractivity (Wildman–Crippen MR) is 85.2 cm³/mol. The zero-order chi connectivity index (χ0) is 14.6. The van der Waals surface area contributed by atoms with Gasteiger partial charge < -0.3 is 15.5 Å². The zero-order valence-corrected chi connectivity index (χ0v) is 13.3. The molecule has 2 fully saturated rings. The van der Waals surface area contributed by atoms with E-state index in [4.69, 9.17) is 11.1 Å². The Morgan fingerprint density at radius 2 is 1.70 bits per heavy atom. The SMILES string of the molecule is CC(C)(CCN1CCC(N2CCCCC2)CC1)C(=N)N. The van der Waals surface area contributed by atoms with E-state index in [1.165, 1.54) is 58.3 Å². The van der Waals surface area contributed by atoms with Crippen LogP contribution in [-0.4, -0.2) is 54.4 Å². The summed E-state index contributed by atoms with van der Waals surface area (Å²) in [5.41, 5.74) is 5.51. The monoisotopic (exact) mass is 280 g/mol. The van der Waals surface area contributed by atoms with Crippen molar-refractivity contribution in [2.24, 2.45) is 11.1 Å². The molecule has 0 aromatic carbocycles. The minimum Gasteiger partial charge on any atom is -0.387 e. The van der Waals surface area contributed by atoms with E-state index in [1.807, 2.05) is 0 Å². The highest BCUT2D eigenvalue weighted by Crippen LogP contribution is 2.24. The maximum absolute atomic E-state index is 7.63. The molecule has 2 heterocycles. The molecule has 0 aromatic heterocycles. The lowest BCUT2D eigenvalue weighted by Crippen LogP contribution is -2.47. The van der Waals surface area contributed by atoms with Crippen LogP contribution in [0.2, 0.25) is 0 Å². The number of hydrogen-bond acceptors (Lipinski definition) is 3. The van der Waals surface area contributed by atoms with E-state index < -0.39 is 0 Å². The number of hydrogen-bond donors (Lipinski definition) is 2. The highest BCUT2D eigenvalue weighted by molar-refractivity contribution is 5.82. The summed E-state index contributed by atoms with van der Waals surface area (Å²) >= 11 is 0. The fraction of sp³-hybridized carbons (Fsp3) is 0.938. The van der Waals surface area contributed by atoms with Gasteiger partial charge in [-0.3, -0.25) is 5.41 Å². The van der Waals surface area contributed by atoms with Crippen LogP contribution in [-0.2, 0) is 0 Å². The van der Waals surface area contributed by atoms with Crippen LogP contribution in [0.3, 0.4) is 0 Å². The topological polar surface area (TPSA) is 56.4 Å². The van der Waals surface area contributed by atoms with E-state index in [2.05, 4.69) is 23.6 Å². The van der Waals surface area contributed by atoms with E-state index in [0.717, 1.165) is 19.0 Å². The summed E-state index contributed by atoms with van der Waals surface area (Å²) in [6.07, 6.45) is 7.85. The third-order valence-corrected chi connectivity index (χ3v) is 5.25. The van der Waals surface area contributed by atoms with Crippen LogP contribution in [0.1, 0.15) is 52.4 Å². The Bertz CT molecular complexity index is 312. The highest BCUT2D eigenvalue weighted by Gasteiger charge is 2.27. The number of nitrogens with one attached hydrogen (secondary N) is 1. The molecule has 0 amide bonds. The molecule has 0 bridgehead atoms. The molecule has 4 nitrogen and oxygen atoms in total. The van der Waals surface area contributed by atoms with Crippen LogP contribution in [0, 0.1) is 10.8 Å². The summed E-state index contributed by atoms with van der Waals surface area (Å²) in [6, 6.07) is 0.826. The van der Waals surface area contributed by atoms with E-state index in [9.17, 15) is 0 Å². The lowest BCUT2D eigenvalue weighted by molar-refractivity contribution is 0.0892. The molecule has 20 heavy (non-hydrogen) atoms.